The highest BCUT2D eigenvalue weighted by Crippen LogP contribution is 2.37. The monoisotopic (exact) mass is 594 g/mol. The van der Waals surface area contributed by atoms with Crippen LogP contribution in [0.5, 0.6) is 17.2 Å². The number of rotatable bonds is 12. The smallest absolute Gasteiger partial charge is 0.338 e. The molecule has 1 heterocycles. The molecule has 39 heavy (non-hydrogen) atoms. The van der Waals surface area contributed by atoms with Crippen LogP contribution in [-0.4, -0.2) is 46.5 Å². The number of carbonyl (C=O) groups excluding carboxylic acids is 1. The average molecular weight is 596 g/mol. The van der Waals surface area contributed by atoms with Gasteiger partial charge in [0, 0.05) is 18.8 Å². The lowest BCUT2D eigenvalue weighted by atomic mass is 10.0. The van der Waals surface area contributed by atoms with Gasteiger partial charge in [-0.25, -0.2) is 13.2 Å². The molecular formula is C27H28Cl2N2O7S. The Hall–Kier alpha value is -3.21. The van der Waals surface area contributed by atoms with E-state index in [1.54, 1.807) is 18.2 Å². The van der Waals surface area contributed by atoms with Crippen LogP contribution in [0.25, 0.3) is 0 Å². The number of nitrogens with zero attached hydrogens (tertiary/aromatic N) is 1. The second-order valence-electron chi connectivity index (χ2n) is 9.13. The molecule has 2 aromatic carbocycles. The summed E-state index contributed by atoms with van der Waals surface area (Å²) in [7, 11) is -0.531. The third-order valence-electron chi connectivity index (χ3n) is 6.05. The quantitative estimate of drug-likeness (QED) is 0.265. The molecule has 1 fully saturated rings. The van der Waals surface area contributed by atoms with Crippen LogP contribution in [0.2, 0.25) is 10.0 Å². The standard InChI is InChI=1S/C27H28Cl2N2O7S/c1-35-23-9-7-17(10-26(23)36-2)24(12-19-20(28)13-30-14-21(19)29)38-27(32)18-6-8-22(31-39(3,33)34)25(11-18)37-15-16-4-5-16/h6-11,13-14,16,24,31H,4-5,12,15H2,1-3H3/t24-/m0/s1. The SMILES string of the molecule is COc1ccc([C@H](Cc2c(Cl)cncc2Cl)OC(=O)c2ccc(NS(C)(=O)=O)c(OCC3CC3)c2)cc1OC. The molecule has 0 spiro atoms. The van der Waals surface area contributed by atoms with Gasteiger partial charge in [0.2, 0.25) is 10.0 Å². The number of anilines is 1. The number of halogens is 2. The van der Waals surface area contributed by atoms with E-state index in [-0.39, 0.29) is 23.4 Å². The number of hydrogen-bond donors (Lipinski definition) is 1. The minimum atomic E-state index is -3.56. The number of sulfonamides is 1. The van der Waals surface area contributed by atoms with E-state index in [0.29, 0.717) is 45.2 Å². The van der Waals surface area contributed by atoms with Gasteiger partial charge in [-0.2, -0.15) is 0 Å². The molecule has 12 heteroatoms. The molecule has 0 aliphatic heterocycles. The predicted molar refractivity (Wildman–Crippen MR) is 149 cm³/mol. The van der Waals surface area contributed by atoms with E-state index in [9.17, 15) is 13.2 Å². The van der Waals surface area contributed by atoms with Crippen LogP contribution < -0.4 is 18.9 Å². The first-order chi connectivity index (χ1) is 18.6. The van der Waals surface area contributed by atoms with E-state index in [1.807, 2.05) is 0 Å². The molecule has 0 radical (unpaired) electrons. The van der Waals surface area contributed by atoms with Gasteiger partial charge < -0.3 is 18.9 Å². The van der Waals surface area contributed by atoms with Gasteiger partial charge in [0.25, 0.3) is 0 Å². The van der Waals surface area contributed by atoms with Gasteiger partial charge in [-0.05, 0) is 60.2 Å². The summed E-state index contributed by atoms with van der Waals surface area (Å²) >= 11 is 12.7. The normalized spacial score (nSPS) is 13.9. The molecule has 1 aromatic heterocycles. The second-order valence-corrected chi connectivity index (χ2v) is 11.7. The first-order valence-corrected chi connectivity index (χ1v) is 14.7. The number of ether oxygens (including phenoxy) is 4. The molecule has 1 N–H and O–H groups in total. The Kier molecular flexibility index (Phi) is 9.09. The molecule has 3 aromatic rings. The number of esters is 1. The molecule has 4 rings (SSSR count). The molecule has 1 aliphatic rings. The summed E-state index contributed by atoms with van der Waals surface area (Å²) in [6, 6.07) is 9.59. The zero-order valence-electron chi connectivity index (χ0n) is 21.6. The lowest BCUT2D eigenvalue weighted by Gasteiger charge is -2.21. The number of methoxy groups -OCH3 is 2. The fraction of sp³-hybridized carbons (Fsp3) is 0.333. The zero-order valence-corrected chi connectivity index (χ0v) is 23.9. The lowest BCUT2D eigenvalue weighted by molar-refractivity contribution is 0.0296. The summed E-state index contributed by atoms with van der Waals surface area (Å²) in [6.07, 6.45) is 5.40. The number of pyridine rings is 1. The Balaban J connectivity index is 1.66. The molecule has 1 aliphatic carbocycles. The van der Waals surface area contributed by atoms with E-state index in [2.05, 4.69) is 9.71 Å². The Morgan fingerprint density at radius 3 is 2.33 bits per heavy atom. The largest absolute Gasteiger partial charge is 0.493 e. The van der Waals surface area contributed by atoms with Gasteiger partial charge in [-0.15, -0.1) is 0 Å². The Labute approximate surface area is 237 Å². The van der Waals surface area contributed by atoms with Crippen molar-refractivity contribution in [3.8, 4) is 17.2 Å². The summed E-state index contributed by atoms with van der Waals surface area (Å²) in [5.41, 5.74) is 1.59. The molecule has 0 amide bonds. The topological polar surface area (TPSA) is 113 Å². The summed E-state index contributed by atoms with van der Waals surface area (Å²) < 4.78 is 48.7. The Morgan fingerprint density at radius 1 is 1.03 bits per heavy atom. The summed E-state index contributed by atoms with van der Waals surface area (Å²) in [4.78, 5) is 17.4. The van der Waals surface area contributed by atoms with E-state index < -0.39 is 22.1 Å². The fourth-order valence-corrected chi connectivity index (χ4v) is 4.93. The number of nitrogens with one attached hydrogen (secondary N) is 1. The van der Waals surface area contributed by atoms with Crippen molar-refractivity contribution in [3.05, 3.63) is 75.5 Å². The van der Waals surface area contributed by atoms with Crippen molar-refractivity contribution < 1.29 is 32.2 Å². The molecular weight excluding hydrogens is 567 g/mol. The van der Waals surface area contributed by atoms with Gasteiger partial charge in [0.05, 0.1) is 48.4 Å². The molecule has 1 saturated carbocycles. The van der Waals surface area contributed by atoms with Gasteiger partial charge >= 0.3 is 5.97 Å². The number of aromatic nitrogens is 1. The van der Waals surface area contributed by atoms with Gasteiger partial charge in [-0.1, -0.05) is 29.3 Å². The number of carbonyl (C=O) groups is 1. The Morgan fingerprint density at radius 2 is 1.72 bits per heavy atom. The van der Waals surface area contributed by atoms with Crippen LogP contribution in [0.3, 0.4) is 0 Å². The van der Waals surface area contributed by atoms with Crippen molar-refractivity contribution in [2.45, 2.75) is 25.4 Å². The highest BCUT2D eigenvalue weighted by atomic mass is 35.5. The molecule has 1 atom stereocenters. The maximum atomic E-state index is 13.4. The maximum Gasteiger partial charge on any atom is 0.338 e. The van der Waals surface area contributed by atoms with Gasteiger partial charge in [0.1, 0.15) is 11.9 Å². The first kappa shape index (κ1) is 28.8. The van der Waals surface area contributed by atoms with Crippen molar-refractivity contribution in [1.82, 2.24) is 4.98 Å². The van der Waals surface area contributed by atoms with Crippen LogP contribution in [0.15, 0.2) is 48.8 Å². The fourth-order valence-electron chi connectivity index (χ4n) is 3.84. The minimum absolute atomic E-state index is 0.153. The van der Waals surface area contributed by atoms with Crippen LogP contribution in [0, 0.1) is 5.92 Å². The maximum absolute atomic E-state index is 13.4. The van der Waals surface area contributed by atoms with Crippen LogP contribution >= 0.6 is 23.2 Å². The van der Waals surface area contributed by atoms with Crippen LogP contribution in [-0.2, 0) is 21.2 Å². The molecule has 9 nitrogen and oxygen atoms in total. The third kappa shape index (κ3) is 7.68. The van der Waals surface area contributed by atoms with E-state index >= 15 is 0 Å². The summed E-state index contributed by atoms with van der Waals surface area (Å²) in [5, 5.41) is 0.659. The van der Waals surface area contributed by atoms with Crippen molar-refractivity contribution >= 4 is 44.9 Å². The van der Waals surface area contributed by atoms with Crippen LogP contribution in [0.4, 0.5) is 5.69 Å². The van der Waals surface area contributed by atoms with Crippen molar-refractivity contribution in [1.29, 1.82) is 0 Å². The average Bonchev–Trinajstić information content (AvgIpc) is 3.73. The first-order valence-electron chi connectivity index (χ1n) is 12.0. The molecule has 0 saturated heterocycles. The van der Waals surface area contributed by atoms with Crippen molar-refractivity contribution in [2.24, 2.45) is 5.92 Å². The van der Waals surface area contributed by atoms with E-state index in [4.69, 9.17) is 42.1 Å². The van der Waals surface area contributed by atoms with Crippen molar-refractivity contribution in [2.75, 3.05) is 31.8 Å². The van der Waals surface area contributed by atoms with Gasteiger partial charge in [0.15, 0.2) is 11.5 Å². The Bertz CT molecular complexity index is 1440. The number of benzene rings is 2. The predicted octanol–water partition coefficient (Wildman–Crippen LogP) is 5.71. The zero-order chi connectivity index (χ0) is 28.2. The second kappa shape index (κ2) is 12.3. The highest BCUT2D eigenvalue weighted by molar-refractivity contribution is 7.92. The summed E-state index contributed by atoms with van der Waals surface area (Å²) in [5.74, 6) is 0.964. The minimum Gasteiger partial charge on any atom is -0.493 e. The van der Waals surface area contributed by atoms with Crippen molar-refractivity contribution in [3.63, 3.8) is 0 Å². The van der Waals surface area contributed by atoms with E-state index in [1.165, 1.54) is 44.8 Å². The third-order valence-corrected chi connectivity index (χ3v) is 7.30. The summed E-state index contributed by atoms with van der Waals surface area (Å²) in [6.45, 7) is 0.421. The number of hydrogen-bond acceptors (Lipinski definition) is 8. The van der Waals surface area contributed by atoms with Gasteiger partial charge in [-0.3, -0.25) is 9.71 Å². The molecule has 0 bridgehead atoms. The molecule has 0 unspecified atom stereocenters. The van der Waals surface area contributed by atoms with E-state index in [0.717, 1.165) is 19.1 Å². The highest BCUT2D eigenvalue weighted by Gasteiger charge is 2.25. The van der Waals surface area contributed by atoms with Crippen LogP contribution in [0.1, 0.15) is 40.4 Å². The molecule has 208 valence electrons. The lowest BCUT2D eigenvalue weighted by Crippen LogP contribution is -2.16.